The van der Waals surface area contributed by atoms with Gasteiger partial charge >= 0.3 is 0 Å². The van der Waals surface area contributed by atoms with Crippen molar-refractivity contribution in [3.05, 3.63) is 12.7 Å². The first kappa shape index (κ1) is 13.7. The van der Waals surface area contributed by atoms with Crippen molar-refractivity contribution < 1.29 is 0 Å². The Balaban J connectivity index is 4.02. The third-order valence-electron chi connectivity index (χ3n) is 3.13. The third-order valence-corrected chi connectivity index (χ3v) is 3.13. The molecule has 1 heteroatoms. The van der Waals surface area contributed by atoms with E-state index < -0.39 is 0 Å². The van der Waals surface area contributed by atoms with Crippen LogP contribution in [-0.2, 0) is 0 Å². The molecule has 0 heterocycles. The van der Waals surface area contributed by atoms with Gasteiger partial charge in [-0.2, -0.15) is 0 Å². The molecule has 0 aromatic rings. The first-order valence-electron chi connectivity index (χ1n) is 5.95. The monoisotopic (exact) mass is 197 g/mol. The summed E-state index contributed by atoms with van der Waals surface area (Å²) >= 11 is 0. The SMILES string of the molecule is C=CCCC(C)C(NC)C(C)CCC. The van der Waals surface area contributed by atoms with Gasteiger partial charge in [-0.05, 0) is 38.1 Å². The van der Waals surface area contributed by atoms with Crippen LogP contribution in [0.2, 0.25) is 0 Å². The van der Waals surface area contributed by atoms with Crippen molar-refractivity contribution in [2.24, 2.45) is 11.8 Å². The van der Waals surface area contributed by atoms with Crippen LogP contribution >= 0.6 is 0 Å². The predicted molar refractivity (Wildman–Crippen MR) is 65.5 cm³/mol. The maximum absolute atomic E-state index is 3.78. The number of hydrogen-bond acceptors (Lipinski definition) is 1. The molecule has 0 aromatic heterocycles. The summed E-state index contributed by atoms with van der Waals surface area (Å²) in [5.41, 5.74) is 0. The van der Waals surface area contributed by atoms with Gasteiger partial charge in [0.1, 0.15) is 0 Å². The zero-order valence-electron chi connectivity index (χ0n) is 10.3. The molecule has 3 unspecified atom stereocenters. The van der Waals surface area contributed by atoms with Crippen molar-refractivity contribution in [3.8, 4) is 0 Å². The molecule has 0 aliphatic rings. The smallest absolute Gasteiger partial charge is 0.0115 e. The summed E-state index contributed by atoms with van der Waals surface area (Å²) in [6, 6.07) is 0.662. The molecule has 0 saturated heterocycles. The Labute approximate surface area is 90.0 Å². The molecule has 84 valence electrons. The molecule has 0 amide bonds. The molecule has 1 nitrogen and oxygen atoms in total. The lowest BCUT2D eigenvalue weighted by Crippen LogP contribution is -2.37. The summed E-state index contributed by atoms with van der Waals surface area (Å²) in [5, 5.41) is 3.46. The van der Waals surface area contributed by atoms with E-state index in [1.165, 1.54) is 19.3 Å². The van der Waals surface area contributed by atoms with Crippen molar-refractivity contribution in [2.45, 2.75) is 52.5 Å². The fraction of sp³-hybridized carbons (Fsp3) is 0.846. The van der Waals surface area contributed by atoms with Crippen LogP contribution in [0.4, 0.5) is 0 Å². The molecule has 0 aromatic carbocycles. The van der Waals surface area contributed by atoms with Gasteiger partial charge < -0.3 is 5.32 Å². The Hall–Kier alpha value is -0.300. The molecule has 0 aliphatic carbocycles. The second-order valence-electron chi connectivity index (χ2n) is 4.42. The van der Waals surface area contributed by atoms with Crippen LogP contribution < -0.4 is 5.32 Å². The van der Waals surface area contributed by atoms with E-state index in [2.05, 4.69) is 39.7 Å². The quantitative estimate of drug-likeness (QED) is 0.586. The van der Waals surface area contributed by atoms with Crippen molar-refractivity contribution in [1.82, 2.24) is 5.32 Å². The van der Waals surface area contributed by atoms with Gasteiger partial charge in [0.05, 0.1) is 0 Å². The minimum atomic E-state index is 0.662. The second kappa shape index (κ2) is 8.05. The highest BCUT2D eigenvalue weighted by atomic mass is 14.9. The molecule has 1 N–H and O–H groups in total. The van der Waals surface area contributed by atoms with Gasteiger partial charge in [0.2, 0.25) is 0 Å². The molecule has 0 saturated carbocycles. The Bertz CT molecular complexity index is 142. The molecule has 0 aliphatic heterocycles. The largest absolute Gasteiger partial charge is 0.316 e. The lowest BCUT2D eigenvalue weighted by molar-refractivity contribution is 0.275. The van der Waals surface area contributed by atoms with E-state index in [4.69, 9.17) is 0 Å². The summed E-state index contributed by atoms with van der Waals surface area (Å²) in [6.07, 6.45) is 7.02. The lowest BCUT2D eigenvalue weighted by Gasteiger charge is -2.29. The Kier molecular flexibility index (Phi) is 7.87. The average molecular weight is 197 g/mol. The van der Waals surface area contributed by atoms with Gasteiger partial charge in [-0.25, -0.2) is 0 Å². The van der Waals surface area contributed by atoms with Crippen molar-refractivity contribution in [3.63, 3.8) is 0 Å². The normalized spacial score (nSPS) is 17.4. The summed E-state index contributed by atoms with van der Waals surface area (Å²) < 4.78 is 0. The van der Waals surface area contributed by atoms with E-state index in [1.54, 1.807) is 0 Å². The van der Waals surface area contributed by atoms with E-state index in [0.29, 0.717) is 6.04 Å². The summed E-state index contributed by atoms with van der Waals surface area (Å²) in [6.45, 7) is 10.7. The van der Waals surface area contributed by atoms with Crippen LogP contribution in [-0.4, -0.2) is 13.1 Å². The van der Waals surface area contributed by atoms with Crippen molar-refractivity contribution in [2.75, 3.05) is 7.05 Å². The fourth-order valence-corrected chi connectivity index (χ4v) is 2.33. The number of nitrogens with one attached hydrogen (secondary N) is 1. The van der Waals surface area contributed by atoms with Crippen LogP contribution in [0.15, 0.2) is 12.7 Å². The molecule has 0 bridgehead atoms. The van der Waals surface area contributed by atoms with E-state index >= 15 is 0 Å². The van der Waals surface area contributed by atoms with E-state index in [1.807, 2.05) is 6.08 Å². The van der Waals surface area contributed by atoms with Crippen molar-refractivity contribution >= 4 is 0 Å². The van der Waals surface area contributed by atoms with Crippen LogP contribution in [0.5, 0.6) is 0 Å². The molecule has 0 fully saturated rings. The number of hydrogen-bond donors (Lipinski definition) is 1. The summed E-state index contributed by atoms with van der Waals surface area (Å²) in [4.78, 5) is 0. The molecule has 3 atom stereocenters. The minimum Gasteiger partial charge on any atom is -0.316 e. The number of allylic oxidation sites excluding steroid dienone is 1. The molecule has 14 heavy (non-hydrogen) atoms. The zero-order chi connectivity index (χ0) is 11.0. The summed E-state index contributed by atoms with van der Waals surface area (Å²) in [5.74, 6) is 1.53. The highest BCUT2D eigenvalue weighted by Gasteiger charge is 2.20. The molecular formula is C13H27N. The molecule has 0 spiro atoms. The van der Waals surface area contributed by atoms with Crippen LogP contribution in [0.3, 0.4) is 0 Å². The van der Waals surface area contributed by atoms with Crippen LogP contribution in [0.25, 0.3) is 0 Å². The molecule has 0 radical (unpaired) electrons. The van der Waals surface area contributed by atoms with E-state index in [-0.39, 0.29) is 0 Å². The highest BCUT2D eigenvalue weighted by Crippen LogP contribution is 2.21. The summed E-state index contributed by atoms with van der Waals surface area (Å²) in [7, 11) is 2.08. The van der Waals surface area contributed by atoms with Crippen LogP contribution in [0, 0.1) is 11.8 Å². The standard InChI is InChI=1S/C13H27N/c1-6-8-10-12(4)13(14-5)11(3)9-7-2/h6,11-14H,1,7-10H2,2-5H3. The third kappa shape index (κ3) is 4.80. The van der Waals surface area contributed by atoms with Gasteiger partial charge in [0.25, 0.3) is 0 Å². The highest BCUT2D eigenvalue weighted by molar-refractivity contribution is 4.79. The van der Waals surface area contributed by atoms with Gasteiger partial charge in [-0.15, -0.1) is 6.58 Å². The van der Waals surface area contributed by atoms with E-state index in [0.717, 1.165) is 18.3 Å². The van der Waals surface area contributed by atoms with Gasteiger partial charge in [0.15, 0.2) is 0 Å². The predicted octanol–water partition coefficient (Wildman–Crippen LogP) is 3.61. The zero-order valence-corrected chi connectivity index (χ0v) is 10.3. The Morgan fingerprint density at radius 2 is 1.79 bits per heavy atom. The molecule has 0 rings (SSSR count). The fourth-order valence-electron chi connectivity index (χ4n) is 2.33. The maximum atomic E-state index is 3.78. The lowest BCUT2D eigenvalue weighted by atomic mass is 9.85. The minimum absolute atomic E-state index is 0.662. The van der Waals surface area contributed by atoms with Gasteiger partial charge in [0, 0.05) is 6.04 Å². The molecular weight excluding hydrogens is 170 g/mol. The van der Waals surface area contributed by atoms with Crippen molar-refractivity contribution in [1.29, 1.82) is 0 Å². The number of rotatable bonds is 8. The first-order chi connectivity index (χ1) is 6.67. The Morgan fingerprint density at radius 3 is 2.21 bits per heavy atom. The van der Waals surface area contributed by atoms with Gasteiger partial charge in [-0.3, -0.25) is 0 Å². The average Bonchev–Trinajstić information content (AvgIpc) is 2.16. The Morgan fingerprint density at radius 1 is 1.21 bits per heavy atom. The van der Waals surface area contributed by atoms with Crippen LogP contribution in [0.1, 0.15) is 46.5 Å². The maximum Gasteiger partial charge on any atom is 0.0115 e. The van der Waals surface area contributed by atoms with E-state index in [9.17, 15) is 0 Å². The van der Waals surface area contributed by atoms with Gasteiger partial charge in [-0.1, -0.05) is 33.3 Å². The second-order valence-corrected chi connectivity index (χ2v) is 4.42. The topological polar surface area (TPSA) is 12.0 Å². The first-order valence-corrected chi connectivity index (χ1v) is 5.95.